The van der Waals surface area contributed by atoms with Gasteiger partial charge in [0, 0.05) is 30.9 Å². The van der Waals surface area contributed by atoms with E-state index >= 15 is 0 Å². The zero-order valence-electron chi connectivity index (χ0n) is 13.1. The number of carbonyl (C=O) groups excluding carboxylic acids is 2. The first kappa shape index (κ1) is 15.5. The molecule has 0 saturated carbocycles. The van der Waals surface area contributed by atoms with Crippen molar-refractivity contribution in [2.75, 3.05) is 24.5 Å². The second-order valence-electron chi connectivity index (χ2n) is 5.84. The molecule has 2 fully saturated rings. The van der Waals surface area contributed by atoms with Crippen molar-refractivity contribution in [3.63, 3.8) is 0 Å². The largest absolute Gasteiger partial charge is 0.371 e. The van der Waals surface area contributed by atoms with Crippen molar-refractivity contribution in [2.24, 2.45) is 0 Å². The molecule has 6 heteroatoms. The van der Waals surface area contributed by atoms with E-state index in [1.165, 1.54) is 12.1 Å². The third-order valence-electron chi connectivity index (χ3n) is 4.16. The van der Waals surface area contributed by atoms with Crippen LogP contribution in [0.4, 0.5) is 14.9 Å². The Bertz CT molecular complexity index is 666. The Hall–Kier alpha value is -2.37. The van der Waals surface area contributed by atoms with Gasteiger partial charge < -0.3 is 10.2 Å². The topological polar surface area (TPSA) is 52.7 Å². The SMILES string of the molecule is CCCN1C(=O)N/C(=C/c2ccc(N3CCCC3)cc2F)C1=O. The minimum Gasteiger partial charge on any atom is -0.371 e. The quantitative estimate of drug-likeness (QED) is 0.686. The predicted octanol–water partition coefficient (Wildman–Crippen LogP) is 2.73. The molecule has 2 heterocycles. The van der Waals surface area contributed by atoms with Gasteiger partial charge in [0.1, 0.15) is 11.5 Å². The van der Waals surface area contributed by atoms with E-state index in [2.05, 4.69) is 10.2 Å². The summed E-state index contributed by atoms with van der Waals surface area (Å²) in [5, 5.41) is 2.51. The molecule has 0 bridgehead atoms. The number of nitrogens with one attached hydrogen (secondary N) is 1. The van der Waals surface area contributed by atoms with Crippen LogP contribution in [0.3, 0.4) is 0 Å². The molecule has 0 radical (unpaired) electrons. The first-order valence-electron chi connectivity index (χ1n) is 7.99. The lowest BCUT2D eigenvalue weighted by atomic mass is 10.1. The molecule has 2 saturated heterocycles. The number of hydrogen-bond donors (Lipinski definition) is 1. The van der Waals surface area contributed by atoms with Gasteiger partial charge >= 0.3 is 6.03 Å². The van der Waals surface area contributed by atoms with Crippen LogP contribution in [-0.2, 0) is 4.79 Å². The molecular formula is C17H20FN3O2. The Morgan fingerprint density at radius 3 is 2.65 bits per heavy atom. The monoisotopic (exact) mass is 317 g/mol. The normalized spacial score (nSPS) is 19.8. The molecule has 1 aromatic carbocycles. The Kier molecular flexibility index (Phi) is 4.32. The molecule has 0 spiro atoms. The van der Waals surface area contributed by atoms with E-state index < -0.39 is 17.8 Å². The predicted molar refractivity (Wildman–Crippen MR) is 86.4 cm³/mol. The van der Waals surface area contributed by atoms with E-state index in [-0.39, 0.29) is 5.70 Å². The summed E-state index contributed by atoms with van der Waals surface area (Å²) in [4.78, 5) is 27.2. The Balaban J connectivity index is 1.82. The van der Waals surface area contributed by atoms with Crippen molar-refractivity contribution in [2.45, 2.75) is 26.2 Å². The standard InChI is InChI=1S/C17H20FN3O2/c1-2-7-21-16(22)15(19-17(21)23)10-12-5-6-13(11-14(12)18)20-8-3-4-9-20/h5-6,10-11H,2-4,7-9H2,1H3,(H,19,23)/b15-10+. The zero-order valence-corrected chi connectivity index (χ0v) is 13.1. The number of benzene rings is 1. The van der Waals surface area contributed by atoms with E-state index in [9.17, 15) is 14.0 Å². The van der Waals surface area contributed by atoms with Crippen LogP contribution >= 0.6 is 0 Å². The van der Waals surface area contributed by atoms with E-state index in [0.717, 1.165) is 36.5 Å². The van der Waals surface area contributed by atoms with Crippen molar-refractivity contribution in [3.05, 3.63) is 35.3 Å². The number of amides is 3. The molecule has 122 valence electrons. The van der Waals surface area contributed by atoms with Gasteiger partial charge in [0.05, 0.1) is 0 Å². The van der Waals surface area contributed by atoms with Crippen LogP contribution in [0.15, 0.2) is 23.9 Å². The Morgan fingerprint density at radius 2 is 2.00 bits per heavy atom. The van der Waals surface area contributed by atoms with Crippen molar-refractivity contribution in [1.29, 1.82) is 0 Å². The first-order valence-corrected chi connectivity index (χ1v) is 7.99. The van der Waals surface area contributed by atoms with Gasteiger partial charge in [-0.1, -0.05) is 6.92 Å². The molecule has 0 atom stereocenters. The average molecular weight is 317 g/mol. The van der Waals surface area contributed by atoms with Crippen LogP contribution in [-0.4, -0.2) is 36.5 Å². The fourth-order valence-electron chi connectivity index (χ4n) is 2.96. The summed E-state index contributed by atoms with van der Waals surface area (Å²) in [6.07, 6.45) is 4.34. The van der Waals surface area contributed by atoms with E-state index in [4.69, 9.17) is 0 Å². The van der Waals surface area contributed by atoms with Crippen molar-refractivity contribution >= 4 is 23.7 Å². The van der Waals surface area contributed by atoms with E-state index in [1.54, 1.807) is 6.07 Å². The highest BCUT2D eigenvalue weighted by atomic mass is 19.1. The number of anilines is 1. The minimum atomic E-state index is -0.447. The van der Waals surface area contributed by atoms with Gasteiger partial charge in [-0.25, -0.2) is 9.18 Å². The van der Waals surface area contributed by atoms with Gasteiger partial charge in [0.2, 0.25) is 0 Å². The number of nitrogens with zero attached hydrogens (tertiary/aromatic N) is 2. The summed E-state index contributed by atoms with van der Waals surface area (Å²) in [5.41, 5.74) is 1.28. The summed E-state index contributed by atoms with van der Waals surface area (Å²) in [7, 11) is 0. The maximum Gasteiger partial charge on any atom is 0.329 e. The molecule has 23 heavy (non-hydrogen) atoms. The fourth-order valence-corrected chi connectivity index (χ4v) is 2.96. The van der Waals surface area contributed by atoms with Crippen LogP contribution in [0.25, 0.3) is 6.08 Å². The highest BCUT2D eigenvalue weighted by Gasteiger charge is 2.32. The first-order chi connectivity index (χ1) is 11.1. The third-order valence-corrected chi connectivity index (χ3v) is 4.16. The number of urea groups is 1. The number of halogens is 1. The molecule has 2 aliphatic rings. The van der Waals surface area contributed by atoms with Crippen LogP contribution in [0.5, 0.6) is 0 Å². The molecule has 0 aliphatic carbocycles. The number of imide groups is 1. The van der Waals surface area contributed by atoms with Gasteiger partial charge in [0.25, 0.3) is 5.91 Å². The summed E-state index contributed by atoms with van der Waals surface area (Å²) in [5.74, 6) is -0.794. The van der Waals surface area contributed by atoms with Crippen molar-refractivity contribution in [3.8, 4) is 0 Å². The zero-order chi connectivity index (χ0) is 16.4. The molecule has 5 nitrogen and oxygen atoms in total. The lowest BCUT2D eigenvalue weighted by Crippen LogP contribution is -2.31. The lowest BCUT2D eigenvalue weighted by molar-refractivity contribution is -0.122. The van der Waals surface area contributed by atoms with Gasteiger partial charge in [-0.15, -0.1) is 0 Å². The molecule has 2 aliphatic heterocycles. The van der Waals surface area contributed by atoms with Gasteiger partial charge in [-0.05, 0) is 43.5 Å². The third kappa shape index (κ3) is 3.06. The van der Waals surface area contributed by atoms with Crippen LogP contribution in [0, 0.1) is 5.82 Å². The van der Waals surface area contributed by atoms with Crippen molar-refractivity contribution < 1.29 is 14.0 Å². The maximum atomic E-state index is 14.3. The fraction of sp³-hybridized carbons (Fsp3) is 0.412. The molecule has 0 aromatic heterocycles. The second kappa shape index (κ2) is 6.40. The van der Waals surface area contributed by atoms with Gasteiger partial charge in [-0.2, -0.15) is 0 Å². The van der Waals surface area contributed by atoms with E-state index in [1.807, 2.05) is 13.0 Å². The van der Waals surface area contributed by atoms with Crippen LogP contribution in [0.2, 0.25) is 0 Å². The maximum absolute atomic E-state index is 14.3. The summed E-state index contributed by atoms with van der Waals surface area (Å²) in [6.45, 7) is 4.14. The number of carbonyl (C=O) groups is 2. The molecule has 1 aromatic rings. The summed E-state index contributed by atoms with van der Waals surface area (Å²) < 4.78 is 14.3. The number of hydrogen-bond acceptors (Lipinski definition) is 3. The molecule has 0 unspecified atom stereocenters. The van der Waals surface area contributed by atoms with Crippen LogP contribution in [0.1, 0.15) is 31.7 Å². The molecule has 3 amide bonds. The number of rotatable bonds is 4. The highest BCUT2D eigenvalue weighted by molar-refractivity contribution is 6.13. The van der Waals surface area contributed by atoms with Crippen molar-refractivity contribution in [1.82, 2.24) is 10.2 Å². The average Bonchev–Trinajstić information content (AvgIpc) is 3.14. The summed E-state index contributed by atoms with van der Waals surface area (Å²) in [6, 6.07) is 4.55. The second-order valence-corrected chi connectivity index (χ2v) is 5.84. The Labute approximate surface area is 134 Å². The van der Waals surface area contributed by atoms with Gasteiger partial charge in [0.15, 0.2) is 0 Å². The Morgan fingerprint density at radius 1 is 1.26 bits per heavy atom. The smallest absolute Gasteiger partial charge is 0.329 e. The van der Waals surface area contributed by atoms with Gasteiger partial charge in [-0.3, -0.25) is 9.69 Å². The molecule has 1 N–H and O–H groups in total. The highest BCUT2D eigenvalue weighted by Crippen LogP contribution is 2.24. The minimum absolute atomic E-state index is 0.122. The van der Waals surface area contributed by atoms with E-state index in [0.29, 0.717) is 18.5 Å². The van der Waals surface area contributed by atoms with Crippen LogP contribution < -0.4 is 10.2 Å². The molecule has 3 rings (SSSR count). The lowest BCUT2D eigenvalue weighted by Gasteiger charge is -2.17. The summed E-state index contributed by atoms with van der Waals surface area (Å²) >= 11 is 0. The molecular weight excluding hydrogens is 297 g/mol.